The summed E-state index contributed by atoms with van der Waals surface area (Å²) >= 11 is 0. The van der Waals surface area contributed by atoms with Gasteiger partial charge in [-0.25, -0.2) is 0 Å². The lowest BCUT2D eigenvalue weighted by molar-refractivity contribution is 0.474. The second-order valence-electron chi connectivity index (χ2n) is 2.89. The molecule has 0 spiro atoms. The third kappa shape index (κ3) is 1.20. The first kappa shape index (κ1) is 7.92. The molecule has 1 N–H and O–H groups in total. The van der Waals surface area contributed by atoms with Crippen LogP contribution in [0.2, 0.25) is 0 Å². The van der Waals surface area contributed by atoms with Crippen LogP contribution in [-0.2, 0) is 0 Å². The Bertz CT molecular complexity index is 454. The molecule has 0 aliphatic heterocycles. The molecule has 1 aromatic carbocycles. The average Bonchev–Trinajstić information content (AvgIpc) is 2.60. The summed E-state index contributed by atoms with van der Waals surface area (Å²) in [4.78, 5) is 0. The summed E-state index contributed by atoms with van der Waals surface area (Å²) in [5.74, 6) is 0.265. The lowest BCUT2D eigenvalue weighted by Gasteiger charge is -2.01. The van der Waals surface area contributed by atoms with Gasteiger partial charge in [-0.15, -0.1) is 0 Å². The van der Waals surface area contributed by atoms with E-state index in [0.717, 1.165) is 10.9 Å². The normalized spacial score (nSPS) is 12.2. The highest BCUT2D eigenvalue weighted by molar-refractivity contribution is 5.82. The van der Waals surface area contributed by atoms with Crippen LogP contribution in [0.5, 0.6) is 0 Å². The SMILES string of the molecule is C/C=C(\O)n1ccc2ccccc21. The number of hydrogen-bond acceptors (Lipinski definition) is 1. The Morgan fingerprint density at radius 2 is 2.08 bits per heavy atom. The number of rotatable bonds is 1. The fourth-order valence-electron chi connectivity index (χ4n) is 1.42. The quantitative estimate of drug-likeness (QED) is 0.659. The molecule has 2 heteroatoms. The number of aliphatic hydroxyl groups excluding tert-OH is 1. The summed E-state index contributed by atoms with van der Waals surface area (Å²) in [7, 11) is 0. The fraction of sp³-hybridized carbons (Fsp3) is 0.0909. The molecule has 0 saturated heterocycles. The second-order valence-corrected chi connectivity index (χ2v) is 2.89. The van der Waals surface area contributed by atoms with Crippen molar-refractivity contribution in [1.29, 1.82) is 0 Å². The number of fused-ring (bicyclic) bond motifs is 1. The third-order valence-electron chi connectivity index (χ3n) is 2.10. The molecule has 2 aromatic rings. The van der Waals surface area contributed by atoms with Gasteiger partial charge < -0.3 is 5.11 Å². The summed E-state index contributed by atoms with van der Waals surface area (Å²) in [5.41, 5.74) is 1.03. The van der Waals surface area contributed by atoms with Crippen LogP contribution in [-0.4, -0.2) is 9.67 Å². The van der Waals surface area contributed by atoms with E-state index in [0.29, 0.717) is 0 Å². The Balaban J connectivity index is 2.71. The Labute approximate surface area is 76.7 Å². The minimum absolute atomic E-state index is 0.265. The fourth-order valence-corrected chi connectivity index (χ4v) is 1.42. The van der Waals surface area contributed by atoms with Crippen LogP contribution in [0.1, 0.15) is 6.92 Å². The molecule has 13 heavy (non-hydrogen) atoms. The smallest absolute Gasteiger partial charge is 0.191 e. The van der Waals surface area contributed by atoms with Gasteiger partial charge in [0.25, 0.3) is 0 Å². The molecule has 0 radical (unpaired) electrons. The van der Waals surface area contributed by atoms with Gasteiger partial charge in [0.2, 0.25) is 0 Å². The Hall–Kier alpha value is -1.70. The first-order chi connectivity index (χ1) is 6.33. The van der Waals surface area contributed by atoms with Gasteiger partial charge in [-0.05, 0) is 25.1 Å². The van der Waals surface area contributed by atoms with E-state index in [1.807, 2.05) is 43.5 Å². The maximum atomic E-state index is 9.54. The summed E-state index contributed by atoms with van der Waals surface area (Å²) in [6.07, 6.45) is 3.53. The molecule has 0 aliphatic carbocycles. The van der Waals surface area contributed by atoms with Gasteiger partial charge in [-0.2, -0.15) is 0 Å². The minimum Gasteiger partial charge on any atom is -0.494 e. The third-order valence-corrected chi connectivity index (χ3v) is 2.10. The number of nitrogens with zero attached hydrogens (tertiary/aromatic N) is 1. The van der Waals surface area contributed by atoms with Gasteiger partial charge in [0.1, 0.15) is 0 Å². The van der Waals surface area contributed by atoms with Crippen LogP contribution in [0.15, 0.2) is 42.6 Å². The van der Waals surface area contributed by atoms with E-state index in [9.17, 15) is 5.11 Å². The van der Waals surface area contributed by atoms with Gasteiger partial charge in [0.05, 0.1) is 5.52 Å². The maximum Gasteiger partial charge on any atom is 0.191 e. The zero-order valence-corrected chi connectivity index (χ0v) is 7.44. The molecule has 0 unspecified atom stereocenters. The maximum absolute atomic E-state index is 9.54. The van der Waals surface area contributed by atoms with E-state index in [1.54, 1.807) is 10.6 Å². The monoisotopic (exact) mass is 173 g/mol. The van der Waals surface area contributed by atoms with E-state index in [-0.39, 0.29) is 5.88 Å². The molecule has 0 atom stereocenters. The first-order valence-corrected chi connectivity index (χ1v) is 4.24. The highest BCUT2D eigenvalue weighted by Gasteiger charge is 2.00. The Morgan fingerprint density at radius 3 is 2.85 bits per heavy atom. The van der Waals surface area contributed by atoms with Gasteiger partial charge in [-0.3, -0.25) is 4.57 Å². The lowest BCUT2D eigenvalue weighted by atomic mass is 10.2. The standard InChI is InChI=1S/C11H11NO/c1-2-11(13)12-8-7-9-5-3-4-6-10(9)12/h2-8,13H,1H3/b11-2-. The highest BCUT2D eigenvalue weighted by atomic mass is 16.3. The number of hydrogen-bond donors (Lipinski definition) is 1. The molecule has 2 rings (SSSR count). The van der Waals surface area contributed by atoms with Crippen molar-refractivity contribution in [2.75, 3.05) is 0 Å². The first-order valence-electron chi connectivity index (χ1n) is 4.24. The number of para-hydroxylation sites is 1. The van der Waals surface area contributed by atoms with E-state index in [4.69, 9.17) is 0 Å². The molecule has 0 saturated carbocycles. The van der Waals surface area contributed by atoms with Gasteiger partial charge in [0, 0.05) is 11.6 Å². The van der Waals surface area contributed by atoms with Crippen LogP contribution in [0, 0.1) is 0 Å². The van der Waals surface area contributed by atoms with Crippen LogP contribution in [0.4, 0.5) is 0 Å². The van der Waals surface area contributed by atoms with Crippen molar-refractivity contribution in [1.82, 2.24) is 4.57 Å². The van der Waals surface area contributed by atoms with Crippen molar-refractivity contribution in [3.8, 4) is 0 Å². The van der Waals surface area contributed by atoms with E-state index in [1.165, 1.54) is 0 Å². The summed E-state index contributed by atoms with van der Waals surface area (Å²) in [6, 6.07) is 9.93. The molecule has 2 nitrogen and oxygen atoms in total. The molecule has 0 aliphatic rings. The van der Waals surface area contributed by atoms with Gasteiger partial charge >= 0.3 is 0 Å². The number of aliphatic hydroxyl groups is 1. The molecule has 1 aromatic heterocycles. The van der Waals surface area contributed by atoms with Crippen LogP contribution in [0.25, 0.3) is 16.8 Å². The van der Waals surface area contributed by atoms with Crippen molar-refractivity contribution < 1.29 is 5.11 Å². The molecule has 0 amide bonds. The van der Waals surface area contributed by atoms with Crippen molar-refractivity contribution in [3.63, 3.8) is 0 Å². The largest absolute Gasteiger partial charge is 0.494 e. The van der Waals surface area contributed by atoms with Crippen molar-refractivity contribution in [2.45, 2.75) is 6.92 Å². The van der Waals surface area contributed by atoms with E-state index in [2.05, 4.69) is 0 Å². The number of allylic oxidation sites excluding steroid dienone is 1. The van der Waals surface area contributed by atoms with Crippen molar-refractivity contribution in [3.05, 3.63) is 42.6 Å². The van der Waals surface area contributed by atoms with E-state index >= 15 is 0 Å². The second kappa shape index (κ2) is 2.98. The molecule has 0 fully saturated rings. The van der Waals surface area contributed by atoms with Crippen LogP contribution < -0.4 is 0 Å². The van der Waals surface area contributed by atoms with Crippen LogP contribution >= 0.6 is 0 Å². The van der Waals surface area contributed by atoms with Crippen molar-refractivity contribution >= 4 is 16.8 Å². The molecular weight excluding hydrogens is 162 g/mol. The van der Waals surface area contributed by atoms with Gasteiger partial charge in [0.15, 0.2) is 5.88 Å². The van der Waals surface area contributed by atoms with Crippen LogP contribution in [0.3, 0.4) is 0 Å². The topological polar surface area (TPSA) is 25.2 Å². The minimum atomic E-state index is 0.265. The summed E-state index contributed by atoms with van der Waals surface area (Å²) in [5, 5.41) is 10.7. The Morgan fingerprint density at radius 1 is 1.31 bits per heavy atom. The number of aromatic nitrogens is 1. The molecular formula is C11H11NO. The van der Waals surface area contributed by atoms with E-state index < -0.39 is 0 Å². The summed E-state index contributed by atoms with van der Waals surface area (Å²) in [6.45, 7) is 1.81. The predicted octanol–water partition coefficient (Wildman–Crippen LogP) is 3.02. The summed E-state index contributed by atoms with van der Waals surface area (Å²) < 4.78 is 1.76. The zero-order chi connectivity index (χ0) is 9.26. The predicted molar refractivity (Wildman–Crippen MR) is 54.5 cm³/mol. The van der Waals surface area contributed by atoms with Gasteiger partial charge in [-0.1, -0.05) is 18.2 Å². The highest BCUT2D eigenvalue weighted by Crippen LogP contribution is 2.17. The van der Waals surface area contributed by atoms with Crippen molar-refractivity contribution in [2.24, 2.45) is 0 Å². The average molecular weight is 173 g/mol. The Kier molecular flexibility index (Phi) is 1.81. The molecule has 1 heterocycles. The zero-order valence-electron chi connectivity index (χ0n) is 7.44. The lowest BCUT2D eigenvalue weighted by Crippen LogP contribution is -1.92. The molecule has 66 valence electrons. The number of benzene rings is 1. The molecule has 0 bridgehead atoms.